The van der Waals surface area contributed by atoms with Gasteiger partial charge in [0.15, 0.2) is 11.5 Å². The summed E-state index contributed by atoms with van der Waals surface area (Å²) >= 11 is 1.27. The Balaban J connectivity index is 1.97. The van der Waals surface area contributed by atoms with Crippen LogP contribution in [0.4, 0.5) is 5.13 Å². The van der Waals surface area contributed by atoms with Crippen LogP contribution in [0.1, 0.15) is 25.8 Å². The number of hydrogen-bond donors (Lipinski definition) is 1. The molecule has 1 aromatic heterocycles. The second-order valence-electron chi connectivity index (χ2n) is 5.51. The van der Waals surface area contributed by atoms with E-state index in [1.165, 1.54) is 17.4 Å². The first-order chi connectivity index (χ1) is 11.6. The van der Waals surface area contributed by atoms with Crippen LogP contribution in [0.15, 0.2) is 29.8 Å². The molecule has 1 aromatic carbocycles. The molecular formula is C17H21N3O3S. The summed E-state index contributed by atoms with van der Waals surface area (Å²) < 4.78 is 11.1. The number of anilines is 1. The molecule has 1 N–H and O–H groups in total. The molecule has 128 valence electrons. The van der Waals surface area contributed by atoms with Crippen LogP contribution < -0.4 is 14.8 Å². The summed E-state index contributed by atoms with van der Waals surface area (Å²) in [6, 6.07) is 5.56. The zero-order valence-corrected chi connectivity index (χ0v) is 14.8. The fourth-order valence-electron chi connectivity index (χ4n) is 1.86. The first-order valence-electron chi connectivity index (χ1n) is 7.64. The number of ether oxygens (including phenoxy) is 2. The van der Waals surface area contributed by atoms with E-state index < -0.39 is 0 Å². The number of methoxy groups -OCH3 is 1. The van der Waals surface area contributed by atoms with Crippen molar-refractivity contribution >= 4 is 28.5 Å². The molecule has 0 aliphatic heterocycles. The summed E-state index contributed by atoms with van der Waals surface area (Å²) in [5, 5.41) is 10.5. The van der Waals surface area contributed by atoms with Crippen LogP contribution in [0.3, 0.4) is 0 Å². The molecule has 0 spiro atoms. The van der Waals surface area contributed by atoms with Crippen molar-refractivity contribution in [2.45, 2.75) is 20.3 Å². The van der Waals surface area contributed by atoms with Crippen molar-refractivity contribution in [2.75, 3.05) is 19.0 Å². The summed E-state index contributed by atoms with van der Waals surface area (Å²) in [7, 11) is 1.60. The Kier molecular flexibility index (Phi) is 6.74. The highest BCUT2D eigenvalue weighted by atomic mass is 32.1. The van der Waals surface area contributed by atoms with Crippen molar-refractivity contribution < 1.29 is 14.3 Å². The van der Waals surface area contributed by atoms with Crippen LogP contribution in [-0.4, -0.2) is 29.8 Å². The first-order valence-corrected chi connectivity index (χ1v) is 8.52. The SMILES string of the molecule is COc1cc(/C=C/C(=O)Nc2nncs2)ccc1OCCC(C)C. The van der Waals surface area contributed by atoms with Crippen molar-refractivity contribution in [1.82, 2.24) is 10.2 Å². The summed E-state index contributed by atoms with van der Waals surface area (Å²) in [5.41, 5.74) is 2.40. The Morgan fingerprint density at radius 1 is 1.38 bits per heavy atom. The van der Waals surface area contributed by atoms with Crippen LogP contribution >= 0.6 is 11.3 Å². The number of carbonyl (C=O) groups excluding carboxylic acids is 1. The second kappa shape index (κ2) is 9.02. The Labute approximate surface area is 145 Å². The molecule has 0 saturated carbocycles. The van der Waals surface area contributed by atoms with Gasteiger partial charge in [0, 0.05) is 6.08 Å². The highest BCUT2D eigenvalue weighted by Gasteiger charge is 2.06. The highest BCUT2D eigenvalue weighted by Crippen LogP contribution is 2.29. The predicted octanol–water partition coefficient (Wildman–Crippen LogP) is 3.62. The van der Waals surface area contributed by atoms with Crippen LogP contribution in [0, 0.1) is 5.92 Å². The number of nitrogens with zero attached hydrogens (tertiary/aromatic N) is 2. The topological polar surface area (TPSA) is 73.3 Å². The molecule has 24 heavy (non-hydrogen) atoms. The van der Waals surface area contributed by atoms with E-state index in [1.807, 2.05) is 18.2 Å². The largest absolute Gasteiger partial charge is 0.493 e. The van der Waals surface area contributed by atoms with Crippen molar-refractivity contribution in [3.63, 3.8) is 0 Å². The molecule has 6 nitrogen and oxygen atoms in total. The third-order valence-electron chi connectivity index (χ3n) is 3.16. The maximum absolute atomic E-state index is 11.8. The molecule has 0 atom stereocenters. The van der Waals surface area contributed by atoms with E-state index in [2.05, 4.69) is 29.4 Å². The average molecular weight is 347 g/mol. The standard InChI is InChI=1S/C17H21N3O3S/c1-12(2)8-9-23-14-6-4-13(10-15(14)22-3)5-7-16(21)19-17-20-18-11-24-17/h4-7,10-12H,8-9H2,1-3H3,(H,19,20,21)/b7-5+. The minimum Gasteiger partial charge on any atom is -0.493 e. The molecule has 2 rings (SSSR count). The zero-order chi connectivity index (χ0) is 17.4. The molecule has 2 aromatic rings. The van der Waals surface area contributed by atoms with Gasteiger partial charge in [0.1, 0.15) is 5.51 Å². The Morgan fingerprint density at radius 3 is 2.88 bits per heavy atom. The Morgan fingerprint density at radius 2 is 2.21 bits per heavy atom. The average Bonchev–Trinajstić information content (AvgIpc) is 3.06. The number of aromatic nitrogens is 2. The van der Waals surface area contributed by atoms with Gasteiger partial charge >= 0.3 is 0 Å². The fraction of sp³-hybridized carbons (Fsp3) is 0.353. The molecule has 1 amide bonds. The molecule has 0 radical (unpaired) electrons. The minimum absolute atomic E-state index is 0.261. The Hall–Kier alpha value is -2.41. The summed E-state index contributed by atoms with van der Waals surface area (Å²) in [6.07, 6.45) is 4.13. The van der Waals surface area contributed by atoms with Crippen molar-refractivity contribution in [3.05, 3.63) is 35.3 Å². The Bertz CT molecular complexity index is 684. The van der Waals surface area contributed by atoms with Gasteiger partial charge in [-0.25, -0.2) is 0 Å². The van der Waals surface area contributed by atoms with Gasteiger partial charge in [0.05, 0.1) is 13.7 Å². The van der Waals surface area contributed by atoms with Crippen molar-refractivity contribution in [2.24, 2.45) is 5.92 Å². The second-order valence-corrected chi connectivity index (χ2v) is 6.34. The van der Waals surface area contributed by atoms with Gasteiger partial charge in [-0.2, -0.15) is 0 Å². The van der Waals surface area contributed by atoms with E-state index >= 15 is 0 Å². The van der Waals surface area contributed by atoms with E-state index in [0.29, 0.717) is 29.2 Å². The predicted molar refractivity (Wildman–Crippen MR) is 95.5 cm³/mol. The molecule has 0 aliphatic rings. The lowest BCUT2D eigenvalue weighted by atomic mass is 10.1. The lowest BCUT2D eigenvalue weighted by Crippen LogP contribution is -2.07. The number of rotatable bonds is 8. The van der Waals surface area contributed by atoms with Gasteiger partial charge in [-0.15, -0.1) is 10.2 Å². The normalized spacial score (nSPS) is 11.0. The molecule has 0 aliphatic carbocycles. The molecule has 0 saturated heterocycles. The number of carbonyl (C=O) groups is 1. The number of hydrogen-bond acceptors (Lipinski definition) is 6. The third-order valence-corrected chi connectivity index (χ3v) is 3.76. The summed E-state index contributed by atoms with van der Waals surface area (Å²) in [6.45, 7) is 4.95. The van der Waals surface area contributed by atoms with E-state index in [-0.39, 0.29) is 5.91 Å². The quantitative estimate of drug-likeness (QED) is 0.738. The van der Waals surface area contributed by atoms with E-state index in [0.717, 1.165) is 12.0 Å². The maximum Gasteiger partial charge on any atom is 0.250 e. The van der Waals surface area contributed by atoms with Crippen molar-refractivity contribution in [1.29, 1.82) is 0 Å². The molecule has 0 unspecified atom stereocenters. The number of benzene rings is 1. The lowest BCUT2D eigenvalue weighted by Gasteiger charge is -2.12. The van der Waals surface area contributed by atoms with Crippen LogP contribution in [0.5, 0.6) is 11.5 Å². The third kappa shape index (κ3) is 5.66. The van der Waals surface area contributed by atoms with Gasteiger partial charge in [0.2, 0.25) is 11.0 Å². The molecule has 1 heterocycles. The molecule has 0 fully saturated rings. The summed E-state index contributed by atoms with van der Waals surface area (Å²) in [4.78, 5) is 11.8. The van der Waals surface area contributed by atoms with Gasteiger partial charge in [-0.3, -0.25) is 10.1 Å². The van der Waals surface area contributed by atoms with Crippen molar-refractivity contribution in [3.8, 4) is 11.5 Å². The maximum atomic E-state index is 11.8. The van der Waals surface area contributed by atoms with E-state index in [4.69, 9.17) is 9.47 Å². The first kappa shape index (κ1) is 17.9. The number of nitrogens with one attached hydrogen (secondary N) is 1. The fourth-order valence-corrected chi connectivity index (χ4v) is 2.31. The van der Waals surface area contributed by atoms with Gasteiger partial charge in [-0.05, 0) is 36.1 Å². The minimum atomic E-state index is -0.261. The highest BCUT2D eigenvalue weighted by molar-refractivity contribution is 7.13. The van der Waals surface area contributed by atoms with E-state index in [9.17, 15) is 4.79 Å². The molecular weight excluding hydrogens is 326 g/mol. The molecule has 0 bridgehead atoms. The number of amides is 1. The van der Waals surface area contributed by atoms with Crippen LogP contribution in [0.25, 0.3) is 6.08 Å². The van der Waals surface area contributed by atoms with Crippen LogP contribution in [0.2, 0.25) is 0 Å². The van der Waals surface area contributed by atoms with Gasteiger partial charge < -0.3 is 9.47 Å². The summed E-state index contributed by atoms with van der Waals surface area (Å²) in [5.74, 6) is 1.67. The lowest BCUT2D eigenvalue weighted by molar-refractivity contribution is -0.111. The molecule has 7 heteroatoms. The smallest absolute Gasteiger partial charge is 0.250 e. The zero-order valence-electron chi connectivity index (χ0n) is 14.0. The van der Waals surface area contributed by atoms with Crippen LogP contribution in [-0.2, 0) is 4.79 Å². The van der Waals surface area contributed by atoms with Gasteiger partial charge in [-0.1, -0.05) is 31.3 Å². The van der Waals surface area contributed by atoms with Gasteiger partial charge in [0.25, 0.3) is 0 Å². The monoisotopic (exact) mass is 347 g/mol. The van der Waals surface area contributed by atoms with E-state index in [1.54, 1.807) is 18.7 Å².